The SMILES string of the molecule is CCCC(=O)Nc1ccc2nc(SCc3cc(=O)n4c(C)csc4n3)sc2c1. The zero-order valence-electron chi connectivity index (χ0n) is 15.4. The average molecular weight is 431 g/mol. The van der Waals surface area contributed by atoms with Crippen LogP contribution in [-0.2, 0) is 10.5 Å². The van der Waals surface area contributed by atoms with E-state index in [1.54, 1.807) is 33.6 Å². The molecule has 4 rings (SSSR count). The predicted octanol–water partition coefficient (Wildman–Crippen LogP) is 4.71. The summed E-state index contributed by atoms with van der Waals surface area (Å²) in [5, 5.41) is 4.85. The monoisotopic (exact) mass is 430 g/mol. The van der Waals surface area contributed by atoms with Gasteiger partial charge in [-0.05, 0) is 31.5 Å². The van der Waals surface area contributed by atoms with E-state index in [0.29, 0.717) is 12.2 Å². The molecule has 6 nitrogen and oxygen atoms in total. The van der Waals surface area contributed by atoms with Gasteiger partial charge in [-0.1, -0.05) is 18.7 Å². The summed E-state index contributed by atoms with van der Waals surface area (Å²) in [6, 6.07) is 7.34. The van der Waals surface area contributed by atoms with Gasteiger partial charge in [-0.25, -0.2) is 9.97 Å². The van der Waals surface area contributed by atoms with Gasteiger partial charge in [-0.15, -0.1) is 22.7 Å². The molecule has 0 aliphatic rings. The fraction of sp³-hybridized carbons (Fsp3) is 0.263. The van der Waals surface area contributed by atoms with Crippen molar-refractivity contribution in [3.63, 3.8) is 0 Å². The van der Waals surface area contributed by atoms with Crippen LogP contribution in [0, 0.1) is 6.92 Å². The topological polar surface area (TPSA) is 76.4 Å². The molecule has 0 saturated carbocycles. The van der Waals surface area contributed by atoms with E-state index in [-0.39, 0.29) is 11.5 Å². The number of nitrogens with one attached hydrogen (secondary N) is 1. The molecule has 1 N–H and O–H groups in total. The number of rotatable bonds is 6. The van der Waals surface area contributed by atoms with Gasteiger partial charge in [-0.2, -0.15) is 0 Å². The lowest BCUT2D eigenvalue weighted by atomic mass is 10.2. The van der Waals surface area contributed by atoms with Crippen molar-refractivity contribution in [3.05, 3.63) is 51.4 Å². The van der Waals surface area contributed by atoms with Gasteiger partial charge in [0.1, 0.15) is 0 Å². The van der Waals surface area contributed by atoms with Gasteiger partial charge in [0.15, 0.2) is 9.30 Å². The van der Waals surface area contributed by atoms with Crippen molar-refractivity contribution in [1.29, 1.82) is 0 Å². The van der Waals surface area contributed by atoms with Crippen LogP contribution in [0.15, 0.2) is 38.8 Å². The third kappa shape index (κ3) is 3.96. The molecule has 28 heavy (non-hydrogen) atoms. The Morgan fingerprint density at radius 2 is 2.14 bits per heavy atom. The van der Waals surface area contributed by atoms with Gasteiger partial charge in [0, 0.05) is 35.0 Å². The predicted molar refractivity (Wildman–Crippen MR) is 117 cm³/mol. The fourth-order valence-corrected chi connectivity index (χ4v) is 5.69. The van der Waals surface area contributed by atoms with Crippen LogP contribution < -0.4 is 10.9 Å². The second kappa shape index (κ2) is 8.02. The van der Waals surface area contributed by atoms with Crippen LogP contribution in [0.4, 0.5) is 5.69 Å². The van der Waals surface area contributed by atoms with Crippen LogP contribution in [0.25, 0.3) is 15.2 Å². The third-order valence-electron chi connectivity index (χ3n) is 4.10. The highest BCUT2D eigenvalue weighted by molar-refractivity contribution is 8.00. The van der Waals surface area contributed by atoms with Gasteiger partial charge in [0.05, 0.1) is 15.9 Å². The van der Waals surface area contributed by atoms with Gasteiger partial charge < -0.3 is 5.32 Å². The Balaban J connectivity index is 1.50. The summed E-state index contributed by atoms with van der Waals surface area (Å²) in [6.45, 7) is 3.89. The van der Waals surface area contributed by atoms with E-state index in [2.05, 4.69) is 15.3 Å². The molecular weight excluding hydrogens is 412 g/mol. The molecule has 0 bridgehead atoms. The maximum atomic E-state index is 12.3. The van der Waals surface area contributed by atoms with Crippen molar-refractivity contribution >= 4 is 61.2 Å². The first-order valence-corrected chi connectivity index (χ1v) is 11.5. The summed E-state index contributed by atoms with van der Waals surface area (Å²) in [5.41, 5.74) is 3.31. The number of thiazole rings is 2. The Bertz CT molecular complexity index is 1230. The summed E-state index contributed by atoms with van der Waals surface area (Å²) in [6.07, 6.45) is 1.34. The molecule has 144 valence electrons. The number of thioether (sulfide) groups is 1. The number of fused-ring (bicyclic) bond motifs is 2. The van der Waals surface area contributed by atoms with Crippen LogP contribution in [0.5, 0.6) is 0 Å². The maximum Gasteiger partial charge on any atom is 0.258 e. The number of aryl methyl sites for hydroxylation is 1. The average Bonchev–Trinajstić information content (AvgIpc) is 3.23. The van der Waals surface area contributed by atoms with Crippen molar-refractivity contribution < 1.29 is 4.79 Å². The Kier molecular flexibility index (Phi) is 5.47. The Labute approximate surface area is 173 Å². The summed E-state index contributed by atoms with van der Waals surface area (Å²) in [7, 11) is 0. The summed E-state index contributed by atoms with van der Waals surface area (Å²) in [5.74, 6) is 0.611. The number of aromatic nitrogens is 3. The smallest absolute Gasteiger partial charge is 0.258 e. The highest BCUT2D eigenvalue weighted by Gasteiger charge is 2.10. The van der Waals surface area contributed by atoms with E-state index < -0.39 is 0 Å². The van der Waals surface area contributed by atoms with E-state index >= 15 is 0 Å². The van der Waals surface area contributed by atoms with Crippen molar-refractivity contribution in [1.82, 2.24) is 14.4 Å². The zero-order chi connectivity index (χ0) is 19.7. The van der Waals surface area contributed by atoms with Crippen LogP contribution in [-0.4, -0.2) is 20.3 Å². The van der Waals surface area contributed by atoms with Crippen molar-refractivity contribution in [2.45, 2.75) is 36.8 Å². The standard InChI is InChI=1S/C19H18N4O2S3/c1-3-4-16(24)20-12-5-6-14-15(7-12)28-19(22-14)27-10-13-8-17(25)23-11(2)9-26-18(23)21-13/h5-9H,3-4,10H2,1-2H3,(H,20,24). The van der Waals surface area contributed by atoms with E-state index in [1.165, 1.54) is 11.3 Å². The highest BCUT2D eigenvalue weighted by atomic mass is 32.2. The van der Waals surface area contributed by atoms with Crippen LogP contribution in [0.2, 0.25) is 0 Å². The first-order chi connectivity index (χ1) is 13.5. The van der Waals surface area contributed by atoms with Crippen molar-refractivity contribution in [2.24, 2.45) is 0 Å². The van der Waals surface area contributed by atoms with E-state index in [1.807, 2.05) is 37.4 Å². The Hall–Kier alpha value is -2.23. The number of anilines is 1. The van der Waals surface area contributed by atoms with Crippen LogP contribution in [0.1, 0.15) is 31.2 Å². The molecule has 0 aliphatic heterocycles. The number of carbonyl (C=O) groups excluding carboxylic acids is 1. The Morgan fingerprint density at radius 3 is 2.96 bits per heavy atom. The minimum absolute atomic E-state index is 0.0255. The van der Waals surface area contributed by atoms with E-state index in [0.717, 1.165) is 43.0 Å². The number of hydrogen-bond donors (Lipinski definition) is 1. The third-order valence-corrected chi connectivity index (χ3v) is 7.24. The molecular formula is C19H18N4O2S3. The molecule has 0 saturated heterocycles. The number of nitrogens with zero attached hydrogens (tertiary/aromatic N) is 3. The number of amides is 1. The molecule has 1 amide bonds. The fourth-order valence-electron chi connectivity index (χ4n) is 2.80. The molecule has 9 heteroatoms. The highest BCUT2D eigenvalue weighted by Crippen LogP contribution is 2.32. The number of hydrogen-bond acceptors (Lipinski definition) is 7. The van der Waals surface area contributed by atoms with E-state index in [9.17, 15) is 9.59 Å². The van der Waals surface area contributed by atoms with Crippen LogP contribution in [0.3, 0.4) is 0 Å². The summed E-state index contributed by atoms with van der Waals surface area (Å²) in [4.78, 5) is 34.0. The first-order valence-electron chi connectivity index (χ1n) is 8.83. The minimum Gasteiger partial charge on any atom is -0.326 e. The van der Waals surface area contributed by atoms with Gasteiger partial charge in [0.2, 0.25) is 5.91 Å². The molecule has 0 fully saturated rings. The van der Waals surface area contributed by atoms with Crippen LogP contribution >= 0.6 is 34.4 Å². The summed E-state index contributed by atoms with van der Waals surface area (Å²) >= 11 is 4.61. The number of benzene rings is 1. The molecule has 0 spiro atoms. The quantitative estimate of drug-likeness (QED) is 0.449. The molecule has 0 radical (unpaired) electrons. The lowest BCUT2D eigenvalue weighted by molar-refractivity contribution is -0.116. The van der Waals surface area contributed by atoms with Gasteiger partial charge in [-0.3, -0.25) is 14.0 Å². The van der Waals surface area contributed by atoms with E-state index in [4.69, 9.17) is 0 Å². The van der Waals surface area contributed by atoms with Gasteiger partial charge >= 0.3 is 0 Å². The molecule has 0 unspecified atom stereocenters. The first kappa shape index (κ1) is 19.1. The van der Waals surface area contributed by atoms with Crippen molar-refractivity contribution in [2.75, 3.05) is 5.32 Å². The molecule has 3 aromatic heterocycles. The second-order valence-corrected chi connectivity index (χ2v) is 9.42. The van der Waals surface area contributed by atoms with Gasteiger partial charge in [0.25, 0.3) is 5.56 Å². The maximum absolute atomic E-state index is 12.3. The largest absolute Gasteiger partial charge is 0.326 e. The zero-order valence-corrected chi connectivity index (χ0v) is 17.8. The molecule has 3 heterocycles. The summed E-state index contributed by atoms with van der Waals surface area (Å²) < 4.78 is 3.57. The van der Waals surface area contributed by atoms with Crippen molar-refractivity contribution in [3.8, 4) is 0 Å². The second-order valence-electron chi connectivity index (χ2n) is 6.33. The molecule has 0 aliphatic carbocycles. The molecule has 1 aromatic carbocycles. The minimum atomic E-state index is -0.0453. The lowest BCUT2D eigenvalue weighted by Crippen LogP contribution is -2.14. The number of carbonyl (C=O) groups is 1. The Morgan fingerprint density at radius 1 is 1.29 bits per heavy atom. The lowest BCUT2D eigenvalue weighted by Gasteiger charge is -2.03. The molecule has 4 aromatic rings. The molecule has 0 atom stereocenters. The normalized spacial score (nSPS) is 11.4.